The van der Waals surface area contributed by atoms with Gasteiger partial charge >= 0.3 is 0 Å². The maximum Gasteiger partial charge on any atom is 0.269 e. The number of hydrogen-bond donors (Lipinski definition) is 6. The first kappa shape index (κ1) is 38.1. The molecule has 15 heteroatoms. The minimum Gasteiger partial charge on any atom is -0.418 e. The summed E-state index contributed by atoms with van der Waals surface area (Å²) in [5, 5.41) is 40.4. The van der Waals surface area contributed by atoms with Crippen molar-refractivity contribution < 1.29 is 24.2 Å². The van der Waals surface area contributed by atoms with Gasteiger partial charge in [0.1, 0.15) is 12.1 Å². The van der Waals surface area contributed by atoms with Crippen LogP contribution in [-0.2, 0) is 4.79 Å². The zero-order chi connectivity index (χ0) is 38.9. The third kappa shape index (κ3) is 8.79. The van der Waals surface area contributed by atoms with Gasteiger partial charge in [-0.15, -0.1) is 10.2 Å². The number of rotatable bonds is 10. The minimum absolute atomic E-state index is 0.307. The van der Waals surface area contributed by atoms with Crippen LogP contribution in [0.4, 0.5) is 22.7 Å². The van der Waals surface area contributed by atoms with Crippen molar-refractivity contribution in [2.24, 2.45) is 0 Å². The first-order chi connectivity index (χ1) is 26.7. The number of fused-ring (bicyclic) bond motifs is 2. The Bertz CT molecular complexity index is 2500. The number of aromatic nitrogens is 2. The van der Waals surface area contributed by atoms with Crippen LogP contribution < -0.4 is 21.5 Å². The molecule has 0 aliphatic carbocycles. The number of hydrogen-bond acceptors (Lipinski definition) is 11. The summed E-state index contributed by atoms with van der Waals surface area (Å²) in [6.07, 6.45) is -1.79. The molecule has 2 amide bonds. The van der Waals surface area contributed by atoms with Crippen molar-refractivity contribution in [1.29, 1.82) is 0 Å². The average Bonchev–Trinajstić information content (AvgIpc) is 4.01. The van der Waals surface area contributed by atoms with Crippen LogP contribution in [-0.4, -0.2) is 50.5 Å². The number of nitrogens with one attached hydrogen (secondary N) is 4. The number of hydrazine groups is 1. The molecule has 55 heavy (non-hydrogen) atoms. The predicted octanol–water partition coefficient (Wildman–Crippen LogP) is 8.11. The van der Waals surface area contributed by atoms with Crippen LogP contribution in [0.25, 0.3) is 41.3 Å². The zero-order valence-electron chi connectivity index (χ0n) is 29.4. The van der Waals surface area contributed by atoms with Gasteiger partial charge < -0.3 is 25.3 Å². The number of aliphatic hydroxyl groups is 2. The second-order valence-corrected chi connectivity index (χ2v) is 14.0. The molecule has 0 bridgehead atoms. The van der Waals surface area contributed by atoms with E-state index in [1.807, 2.05) is 59.3 Å². The fraction of sp³-hybridized carbons (Fsp3) is 0.150. The molecule has 4 aromatic carbocycles. The van der Waals surface area contributed by atoms with Crippen molar-refractivity contribution >= 4 is 77.4 Å². The van der Waals surface area contributed by atoms with E-state index >= 15 is 0 Å². The smallest absolute Gasteiger partial charge is 0.269 e. The number of thiophene rings is 2. The van der Waals surface area contributed by atoms with E-state index in [-0.39, 0.29) is 0 Å². The Balaban J connectivity index is 0.000000187. The number of benzene rings is 4. The lowest BCUT2D eigenvalue weighted by Gasteiger charge is -2.22. The monoisotopic (exact) mass is 770 g/mol. The first-order valence-corrected chi connectivity index (χ1v) is 18.6. The van der Waals surface area contributed by atoms with Gasteiger partial charge in [-0.05, 0) is 73.1 Å². The summed E-state index contributed by atoms with van der Waals surface area (Å²) in [5.74, 6) is -0.333. The molecule has 0 aliphatic rings. The summed E-state index contributed by atoms with van der Waals surface area (Å²) >= 11 is 2.95. The first-order valence-electron chi connectivity index (χ1n) is 16.9. The van der Waals surface area contributed by atoms with Crippen molar-refractivity contribution in [1.82, 2.24) is 21.0 Å². The van der Waals surface area contributed by atoms with Crippen LogP contribution in [0.5, 0.6) is 0 Å². The Hall–Kier alpha value is -6.62. The third-order valence-corrected chi connectivity index (χ3v) is 10.2. The SMILES string of the molecule is [C-]#[N+]c1ccc(N[C@@H](C(=O)NNC(=O)c2ccccc2)[C@@H](C)O)c2ccsc12.[C-]#[N+]c1ccc(N[C@@H](c2nnc(-c3ccccc3)o2)[C@@H](C)O)c2ccsc12. The molecule has 0 aliphatic heterocycles. The molecule has 3 heterocycles. The molecule has 0 fully saturated rings. The van der Waals surface area contributed by atoms with E-state index in [4.69, 9.17) is 17.6 Å². The highest BCUT2D eigenvalue weighted by molar-refractivity contribution is 7.18. The summed E-state index contributed by atoms with van der Waals surface area (Å²) in [6.45, 7) is 17.7. The number of anilines is 2. The summed E-state index contributed by atoms with van der Waals surface area (Å²) in [5.41, 5.74) is 8.49. The molecule has 276 valence electrons. The van der Waals surface area contributed by atoms with Gasteiger partial charge in [-0.3, -0.25) is 20.4 Å². The van der Waals surface area contributed by atoms with Gasteiger partial charge in [0, 0.05) is 42.7 Å². The molecule has 13 nitrogen and oxygen atoms in total. The molecule has 0 saturated heterocycles. The van der Waals surface area contributed by atoms with Crippen LogP contribution in [0.3, 0.4) is 0 Å². The number of carbonyl (C=O) groups is 2. The van der Waals surface area contributed by atoms with Crippen LogP contribution in [0, 0.1) is 13.1 Å². The highest BCUT2D eigenvalue weighted by Gasteiger charge is 2.26. The van der Waals surface area contributed by atoms with E-state index in [1.165, 1.54) is 29.6 Å². The minimum atomic E-state index is -1.03. The van der Waals surface area contributed by atoms with Gasteiger partial charge in [-0.25, -0.2) is 9.69 Å². The van der Waals surface area contributed by atoms with Crippen molar-refractivity contribution in [2.75, 3.05) is 10.6 Å². The lowest BCUT2D eigenvalue weighted by Crippen LogP contribution is -2.52. The summed E-state index contributed by atoms with van der Waals surface area (Å²) in [6, 6.07) is 27.2. The van der Waals surface area contributed by atoms with Gasteiger partial charge in [0.05, 0.1) is 25.4 Å². The molecule has 0 radical (unpaired) electrons. The summed E-state index contributed by atoms with van der Waals surface area (Å²) in [7, 11) is 0. The number of amides is 2. The Morgan fingerprint density at radius 1 is 0.709 bits per heavy atom. The Morgan fingerprint density at radius 2 is 1.27 bits per heavy atom. The van der Waals surface area contributed by atoms with E-state index in [0.717, 1.165) is 31.4 Å². The highest BCUT2D eigenvalue weighted by Crippen LogP contribution is 2.38. The van der Waals surface area contributed by atoms with Crippen LogP contribution in [0.2, 0.25) is 0 Å². The Labute approximate surface area is 323 Å². The van der Waals surface area contributed by atoms with E-state index in [1.54, 1.807) is 55.5 Å². The van der Waals surface area contributed by atoms with Gasteiger partial charge in [0.2, 0.25) is 23.2 Å². The topological polar surface area (TPSA) is 170 Å². The van der Waals surface area contributed by atoms with Crippen molar-refractivity contribution in [3.8, 4) is 11.5 Å². The molecular formula is C40H34N8O5S2. The lowest BCUT2D eigenvalue weighted by atomic mass is 10.1. The van der Waals surface area contributed by atoms with Crippen LogP contribution >= 0.6 is 22.7 Å². The quantitative estimate of drug-likeness (QED) is 0.0594. The highest BCUT2D eigenvalue weighted by atomic mass is 32.1. The Morgan fingerprint density at radius 3 is 1.82 bits per heavy atom. The largest absolute Gasteiger partial charge is 0.418 e. The van der Waals surface area contributed by atoms with Crippen molar-refractivity contribution in [3.05, 3.63) is 142 Å². The van der Waals surface area contributed by atoms with Crippen LogP contribution in [0.15, 0.2) is 112 Å². The van der Waals surface area contributed by atoms with E-state index in [0.29, 0.717) is 34.4 Å². The van der Waals surface area contributed by atoms with Gasteiger partial charge in [-0.1, -0.05) is 48.5 Å². The molecule has 4 atom stereocenters. The maximum absolute atomic E-state index is 12.5. The van der Waals surface area contributed by atoms with Crippen LogP contribution in [0.1, 0.15) is 36.1 Å². The summed E-state index contributed by atoms with van der Waals surface area (Å²) < 4.78 is 7.53. The molecule has 3 aromatic heterocycles. The molecular weight excluding hydrogens is 737 g/mol. The van der Waals surface area contributed by atoms with Crippen molar-refractivity contribution in [3.63, 3.8) is 0 Å². The third-order valence-electron chi connectivity index (χ3n) is 8.36. The van der Waals surface area contributed by atoms with E-state index in [2.05, 4.69) is 41.4 Å². The fourth-order valence-corrected chi connectivity index (χ4v) is 7.33. The molecule has 0 unspecified atom stereocenters. The summed E-state index contributed by atoms with van der Waals surface area (Å²) in [4.78, 5) is 31.7. The van der Waals surface area contributed by atoms with Gasteiger partial charge in [0.25, 0.3) is 11.8 Å². The molecule has 0 spiro atoms. The van der Waals surface area contributed by atoms with Gasteiger partial charge in [0.15, 0.2) is 0 Å². The number of carbonyl (C=O) groups excluding carboxylic acids is 2. The lowest BCUT2D eigenvalue weighted by molar-refractivity contribution is -0.124. The molecule has 6 N–H and O–H groups in total. The molecule has 7 aromatic rings. The number of aliphatic hydroxyl groups excluding tert-OH is 2. The van der Waals surface area contributed by atoms with Crippen molar-refractivity contribution in [2.45, 2.75) is 38.1 Å². The number of nitrogens with zero attached hydrogens (tertiary/aromatic N) is 4. The average molecular weight is 771 g/mol. The zero-order valence-corrected chi connectivity index (χ0v) is 31.1. The van der Waals surface area contributed by atoms with Gasteiger partial charge in [-0.2, -0.15) is 22.7 Å². The van der Waals surface area contributed by atoms with E-state index < -0.39 is 36.1 Å². The standard InChI is InChI=1S/C20H18N4O3S.C20H16N4O2S/c1-12(25)17(20(27)24-23-19(26)13-6-4-3-5-7-13)22-15-8-9-16(21-2)18-14(15)10-11-28-18;1-12(25)17(20-24-23-19(26-20)13-6-4-3-5-7-13)22-15-8-9-16(21-2)18-14(15)10-11-27-18/h3-12,17,22,25H,1H3,(H,23,26)(H,24,27);3-12,17,22,25H,1H3/t2*12-,17-/m11/s1. The predicted molar refractivity (Wildman–Crippen MR) is 215 cm³/mol. The maximum atomic E-state index is 12.5. The second kappa shape index (κ2) is 17.5. The molecule has 0 saturated carbocycles. The fourth-order valence-electron chi connectivity index (χ4n) is 5.57. The van der Waals surface area contributed by atoms with E-state index in [9.17, 15) is 19.8 Å². The second-order valence-electron chi connectivity index (χ2n) is 12.2. The Kier molecular flexibility index (Phi) is 12.1. The normalized spacial score (nSPS) is 12.9. The molecule has 7 rings (SSSR count).